The quantitative estimate of drug-likeness (QED) is 0.714. The first-order valence-electron chi connectivity index (χ1n) is 6.79. The second-order valence-electron chi connectivity index (χ2n) is 4.60. The van der Waals surface area contributed by atoms with Gasteiger partial charge in [-0.1, -0.05) is 12.1 Å². The number of rotatable bonds is 8. The van der Waals surface area contributed by atoms with Gasteiger partial charge >= 0.3 is 0 Å². The molecule has 0 amide bonds. The van der Waals surface area contributed by atoms with Crippen molar-refractivity contribution in [2.45, 2.75) is 25.8 Å². The summed E-state index contributed by atoms with van der Waals surface area (Å²) in [6.45, 7) is 2.20. The number of hydrogen-bond acceptors (Lipinski definition) is 3. The normalized spacial score (nSPS) is 10.8. The average molecular weight is 259 g/mol. The fraction of sp³-hybridized carbons (Fsp3) is 0.400. The van der Waals surface area contributed by atoms with Crippen molar-refractivity contribution in [3.63, 3.8) is 0 Å². The van der Waals surface area contributed by atoms with Gasteiger partial charge in [-0.2, -0.15) is 0 Å². The molecular weight excluding hydrogens is 238 g/mol. The lowest BCUT2D eigenvalue weighted by atomic mass is 10.2. The van der Waals surface area contributed by atoms with Crippen LogP contribution in [0.25, 0.3) is 5.69 Å². The van der Waals surface area contributed by atoms with Crippen molar-refractivity contribution in [2.24, 2.45) is 0 Å². The second kappa shape index (κ2) is 7.71. The molecule has 0 aliphatic carbocycles. The molecule has 0 aliphatic heterocycles. The Hall–Kier alpha value is -1.65. The summed E-state index contributed by atoms with van der Waals surface area (Å²) >= 11 is 0. The number of imidazole rings is 1. The lowest BCUT2D eigenvalue weighted by molar-refractivity contribution is 0.283. The minimum Gasteiger partial charge on any atom is -0.396 e. The van der Waals surface area contributed by atoms with Gasteiger partial charge < -0.3 is 15.0 Å². The van der Waals surface area contributed by atoms with E-state index >= 15 is 0 Å². The van der Waals surface area contributed by atoms with Crippen LogP contribution in [-0.2, 0) is 6.54 Å². The topological polar surface area (TPSA) is 50.1 Å². The summed E-state index contributed by atoms with van der Waals surface area (Å²) in [6.07, 6.45) is 8.63. The molecule has 0 radical (unpaired) electrons. The Bertz CT molecular complexity index is 451. The molecule has 4 heteroatoms. The van der Waals surface area contributed by atoms with Gasteiger partial charge in [-0.25, -0.2) is 4.98 Å². The molecule has 0 saturated heterocycles. The van der Waals surface area contributed by atoms with Crippen molar-refractivity contribution < 1.29 is 5.11 Å². The van der Waals surface area contributed by atoms with Crippen LogP contribution in [0.2, 0.25) is 0 Å². The van der Waals surface area contributed by atoms with Crippen molar-refractivity contribution in [3.05, 3.63) is 48.5 Å². The molecule has 19 heavy (non-hydrogen) atoms. The van der Waals surface area contributed by atoms with E-state index in [1.165, 1.54) is 5.56 Å². The molecule has 1 aromatic heterocycles. The Balaban J connectivity index is 1.73. The lowest BCUT2D eigenvalue weighted by Crippen LogP contribution is -2.14. The third kappa shape index (κ3) is 4.50. The van der Waals surface area contributed by atoms with Crippen molar-refractivity contribution in [3.8, 4) is 5.69 Å². The fourth-order valence-electron chi connectivity index (χ4n) is 1.97. The van der Waals surface area contributed by atoms with Crippen LogP contribution in [-0.4, -0.2) is 27.8 Å². The smallest absolute Gasteiger partial charge is 0.0991 e. The zero-order valence-electron chi connectivity index (χ0n) is 11.1. The van der Waals surface area contributed by atoms with E-state index in [0.717, 1.165) is 38.0 Å². The van der Waals surface area contributed by atoms with Gasteiger partial charge in [0.15, 0.2) is 0 Å². The molecule has 0 fully saturated rings. The first-order valence-corrected chi connectivity index (χ1v) is 6.79. The van der Waals surface area contributed by atoms with Crippen LogP contribution in [0.1, 0.15) is 24.8 Å². The highest BCUT2D eigenvalue weighted by Crippen LogP contribution is 2.09. The molecule has 102 valence electrons. The molecule has 0 saturated carbocycles. The highest BCUT2D eigenvalue weighted by molar-refractivity contribution is 5.34. The van der Waals surface area contributed by atoms with Crippen molar-refractivity contribution >= 4 is 0 Å². The highest BCUT2D eigenvalue weighted by Gasteiger charge is 1.96. The van der Waals surface area contributed by atoms with Gasteiger partial charge in [0.25, 0.3) is 0 Å². The molecule has 2 N–H and O–H groups in total. The van der Waals surface area contributed by atoms with E-state index in [4.69, 9.17) is 5.11 Å². The summed E-state index contributed by atoms with van der Waals surface area (Å²) in [7, 11) is 0. The Labute approximate surface area is 114 Å². The summed E-state index contributed by atoms with van der Waals surface area (Å²) in [5, 5.41) is 12.1. The van der Waals surface area contributed by atoms with E-state index in [2.05, 4.69) is 34.6 Å². The van der Waals surface area contributed by atoms with Crippen LogP contribution in [0.3, 0.4) is 0 Å². The second-order valence-corrected chi connectivity index (χ2v) is 4.60. The zero-order valence-corrected chi connectivity index (χ0v) is 11.1. The number of aliphatic hydroxyl groups is 1. The van der Waals surface area contributed by atoms with Gasteiger partial charge in [-0.3, -0.25) is 0 Å². The van der Waals surface area contributed by atoms with E-state index in [9.17, 15) is 0 Å². The number of nitrogens with zero attached hydrogens (tertiary/aromatic N) is 2. The van der Waals surface area contributed by atoms with Crippen molar-refractivity contribution in [1.82, 2.24) is 14.9 Å². The maximum Gasteiger partial charge on any atom is 0.0991 e. The van der Waals surface area contributed by atoms with E-state index < -0.39 is 0 Å². The Morgan fingerprint density at radius 2 is 1.95 bits per heavy atom. The third-order valence-corrected chi connectivity index (χ3v) is 3.08. The molecule has 2 rings (SSSR count). The van der Waals surface area contributed by atoms with Crippen LogP contribution in [0.5, 0.6) is 0 Å². The van der Waals surface area contributed by atoms with Crippen molar-refractivity contribution in [2.75, 3.05) is 13.2 Å². The minimum atomic E-state index is 0.301. The largest absolute Gasteiger partial charge is 0.396 e. The number of hydrogen-bond donors (Lipinski definition) is 2. The zero-order chi connectivity index (χ0) is 13.3. The van der Waals surface area contributed by atoms with Crippen LogP contribution in [0, 0.1) is 0 Å². The molecule has 0 bridgehead atoms. The molecule has 2 aromatic rings. The molecule has 0 unspecified atom stereocenters. The summed E-state index contributed by atoms with van der Waals surface area (Å²) in [4.78, 5) is 4.04. The number of nitrogens with one attached hydrogen (secondary N) is 1. The standard InChI is InChI=1S/C15H21N3O/c19-11-3-1-2-8-16-12-14-4-6-15(7-5-14)18-10-9-17-13-18/h4-7,9-10,13,16,19H,1-3,8,11-12H2. The summed E-state index contributed by atoms with van der Waals surface area (Å²) in [6, 6.07) is 8.47. The van der Waals surface area contributed by atoms with Crippen LogP contribution >= 0.6 is 0 Å². The molecule has 0 aliphatic rings. The van der Waals surface area contributed by atoms with E-state index in [0.29, 0.717) is 6.61 Å². The van der Waals surface area contributed by atoms with Gasteiger partial charge in [-0.15, -0.1) is 0 Å². The molecule has 4 nitrogen and oxygen atoms in total. The van der Waals surface area contributed by atoms with Gasteiger partial charge in [0.1, 0.15) is 0 Å². The first-order chi connectivity index (χ1) is 9.40. The van der Waals surface area contributed by atoms with Gasteiger partial charge in [0.2, 0.25) is 0 Å². The average Bonchev–Trinajstić information content (AvgIpc) is 2.97. The molecular formula is C15H21N3O. The van der Waals surface area contributed by atoms with Crippen molar-refractivity contribution in [1.29, 1.82) is 0 Å². The maximum atomic E-state index is 8.68. The predicted octanol–water partition coefficient (Wildman–Crippen LogP) is 2.12. The van der Waals surface area contributed by atoms with E-state index in [1.54, 1.807) is 12.5 Å². The maximum absolute atomic E-state index is 8.68. The number of unbranched alkanes of at least 4 members (excludes halogenated alkanes) is 2. The number of benzene rings is 1. The Morgan fingerprint density at radius 1 is 1.11 bits per heavy atom. The molecule has 1 aromatic carbocycles. The van der Waals surface area contributed by atoms with Crippen LogP contribution in [0.4, 0.5) is 0 Å². The van der Waals surface area contributed by atoms with Gasteiger partial charge in [0, 0.05) is 31.2 Å². The van der Waals surface area contributed by atoms with E-state index in [-0.39, 0.29) is 0 Å². The molecule has 1 heterocycles. The summed E-state index contributed by atoms with van der Waals surface area (Å²) < 4.78 is 1.99. The fourth-order valence-corrected chi connectivity index (χ4v) is 1.97. The van der Waals surface area contributed by atoms with Gasteiger partial charge in [0.05, 0.1) is 6.33 Å². The predicted molar refractivity (Wildman–Crippen MR) is 76.2 cm³/mol. The highest BCUT2D eigenvalue weighted by atomic mass is 16.2. The van der Waals surface area contributed by atoms with E-state index in [1.807, 2.05) is 10.8 Å². The van der Waals surface area contributed by atoms with Crippen LogP contribution in [0.15, 0.2) is 43.0 Å². The Kier molecular flexibility index (Phi) is 5.59. The lowest BCUT2D eigenvalue weighted by Gasteiger charge is -2.06. The molecule has 0 atom stereocenters. The first kappa shape index (κ1) is 13.8. The number of aromatic nitrogens is 2. The minimum absolute atomic E-state index is 0.301. The number of aliphatic hydroxyl groups excluding tert-OH is 1. The van der Waals surface area contributed by atoms with Gasteiger partial charge in [-0.05, 0) is 43.5 Å². The monoisotopic (exact) mass is 259 g/mol. The summed E-state index contributed by atoms with van der Waals surface area (Å²) in [5.74, 6) is 0. The summed E-state index contributed by atoms with van der Waals surface area (Å²) in [5.41, 5.74) is 2.41. The molecule has 0 spiro atoms. The third-order valence-electron chi connectivity index (χ3n) is 3.08. The Morgan fingerprint density at radius 3 is 2.63 bits per heavy atom. The van der Waals surface area contributed by atoms with Crippen LogP contribution < -0.4 is 5.32 Å². The SMILES string of the molecule is OCCCCCNCc1ccc(-n2ccnc2)cc1.